The Morgan fingerprint density at radius 3 is 2.39 bits per heavy atom. The first kappa shape index (κ1) is 14.2. The number of carbonyl (C=O) groups excluding carboxylic acids is 2. The van der Waals surface area contributed by atoms with E-state index in [4.69, 9.17) is 10.5 Å². The zero-order chi connectivity index (χ0) is 13.5. The number of benzene rings is 1. The maximum Gasteiger partial charge on any atom is 0.323 e. The molecule has 0 amide bonds. The van der Waals surface area contributed by atoms with Crippen LogP contribution >= 0.6 is 0 Å². The Morgan fingerprint density at radius 1 is 1.28 bits per heavy atom. The SMILES string of the molecule is CCOc1ccc(C(=O)CC(N)C(=O)OC)cc1. The molecular weight excluding hydrogens is 234 g/mol. The zero-order valence-corrected chi connectivity index (χ0v) is 10.5. The van der Waals surface area contributed by atoms with Crippen LogP contribution in [0.25, 0.3) is 0 Å². The van der Waals surface area contributed by atoms with Crippen molar-refractivity contribution >= 4 is 11.8 Å². The first-order valence-corrected chi connectivity index (χ1v) is 5.68. The topological polar surface area (TPSA) is 78.6 Å². The Labute approximate surface area is 106 Å². The van der Waals surface area contributed by atoms with Crippen LogP contribution in [0.3, 0.4) is 0 Å². The molecule has 0 aromatic heterocycles. The number of hydrogen-bond donors (Lipinski definition) is 1. The average Bonchev–Trinajstić information content (AvgIpc) is 2.38. The molecule has 0 bridgehead atoms. The van der Waals surface area contributed by atoms with Gasteiger partial charge in [-0.15, -0.1) is 0 Å². The molecule has 2 N–H and O–H groups in total. The predicted molar refractivity (Wildman–Crippen MR) is 66.5 cm³/mol. The largest absolute Gasteiger partial charge is 0.494 e. The van der Waals surface area contributed by atoms with Crippen molar-refractivity contribution in [3.05, 3.63) is 29.8 Å². The predicted octanol–water partition coefficient (Wildman–Crippen LogP) is 1.16. The van der Waals surface area contributed by atoms with Gasteiger partial charge >= 0.3 is 5.97 Å². The molecule has 0 aliphatic carbocycles. The smallest absolute Gasteiger partial charge is 0.323 e. The molecule has 98 valence electrons. The van der Waals surface area contributed by atoms with Crippen LogP contribution in [0.4, 0.5) is 0 Å². The summed E-state index contributed by atoms with van der Waals surface area (Å²) >= 11 is 0. The van der Waals surface area contributed by atoms with Crippen LogP contribution < -0.4 is 10.5 Å². The molecule has 1 unspecified atom stereocenters. The van der Waals surface area contributed by atoms with Crippen molar-refractivity contribution in [2.24, 2.45) is 5.73 Å². The lowest BCUT2D eigenvalue weighted by Crippen LogP contribution is -2.33. The minimum Gasteiger partial charge on any atom is -0.494 e. The van der Waals surface area contributed by atoms with Gasteiger partial charge in [0.2, 0.25) is 0 Å². The quantitative estimate of drug-likeness (QED) is 0.606. The highest BCUT2D eigenvalue weighted by Crippen LogP contribution is 2.14. The summed E-state index contributed by atoms with van der Waals surface area (Å²) < 4.78 is 9.73. The molecule has 0 aliphatic heterocycles. The van der Waals surface area contributed by atoms with Gasteiger partial charge in [-0.05, 0) is 31.2 Å². The highest BCUT2D eigenvalue weighted by atomic mass is 16.5. The highest BCUT2D eigenvalue weighted by Gasteiger charge is 2.18. The number of ketones is 1. The van der Waals surface area contributed by atoms with Crippen molar-refractivity contribution in [1.29, 1.82) is 0 Å². The first-order valence-electron chi connectivity index (χ1n) is 5.68. The molecule has 0 spiro atoms. The summed E-state index contributed by atoms with van der Waals surface area (Å²) in [5.41, 5.74) is 6.02. The van der Waals surface area contributed by atoms with Gasteiger partial charge in [-0.1, -0.05) is 0 Å². The molecule has 1 rings (SSSR count). The van der Waals surface area contributed by atoms with Crippen molar-refractivity contribution in [3.63, 3.8) is 0 Å². The zero-order valence-electron chi connectivity index (χ0n) is 10.5. The number of methoxy groups -OCH3 is 1. The molecule has 0 saturated carbocycles. The van der Waals surface area contributed by atoms with Gasteiger partial charge in [0.05, 0.1) is 13.7 Å². The lowest BCUT2D eigenvalue weighted by atomic mass is 10.0. The second kappa shape index (κ2) is 6.76. The monoisotopic (exact) mass is 251 g/mol. The van der Waals surface area contributed by atoms with Crippen molar-refractivity contribution in [1.82, 2.24) is 0 Å². The fourth-order valence-corrected chi connectivity index (χ4v) is 1.46. The van der Waals surface area contributed by atoms with Crippen LogP contribution in [0.5, 0.6) is 5.75 Å². The summed E-state index contributed by atoms with van der Waals surface area (Å²) in [6.45, 7) is 2.45. The lowest BCUT2D eigenvalue weighted by molar-refractivity contribution is -0.142. The maximum absolute atomic E-state index is 11.8. The van der Waals surface area contributed by atoms with E-state index < -0.39 is 12.0 Å². The van der Waals surface area contributed by atoms with Crippen LogP contribution in [-0.2, 0) is 9.53 Å². The molecule has 18 heavy (non-hydrogen) atoms. The number of hydrogen-bond acceptors (Lipinski definition) is 5. The minimum absolute atomic E-state index is 0.0688. The van der Waals surface area contributed by atoms with E-state index in [-0.39, 0.29) is 12.2 Å². The van der Waals surface area contributed by atoms with Gasteiger partial charge in [0.15, 0.2) is 5.78 Å². The first-order chi connectivity index (χ1) is 8.58. The van der Waals surface area contributed by atoms with E-state index in [1.807, 2.05) is 6.92 Å². The van der Waals surface area contributed by atoms with Crippen molar-refractivity contribution < 1.29 is 19.1 Å². The Kier molecular flexibility index (Phi) is 5.32. The van der Waals surface area contributed by atoms with E-state index >= 15 is 0 Å². The van der Waals surface area contributed by atoms with E-state index in [1.54, 1.807) is 24.3 Å². The molecule has 5 heteroatoms. The van der Waals surface area contributed by atoms with Gasteiger partial charge in [-0.3, -0.25) is 9.59 Å². The summed E-state index contributed by atoms with van der Waals surface area (Å²) in [5, 5.41) is 0. The third kappa shape index (κ3) is 3.85. The molecule has 0 radical (unpaired) electrons. The van der Waals surface area contributed by atoms with E-state index in [2.05, 4.69) is 4.74 Å². The second-order valence-electron chi connectivity index (χ2n) is 3.71. The molecule has 0 saturated heterocycles. The molecule has 0 heterocycles. The standard InChI is InChI=1S/C13H17NO4/c1-3-18-10-6-4-9(5-7-10)12(15)8-11(14)13(16)17-2/h4-7,11H,3,8,14H2,1-2H3. The molecule has 1 aromatic rings. The fourth-order valence-electron chi connectivity index (χ4n) is 1.46. The average molecular weight is 251 g/mol. The van der Waals surface area contributed by atoms with E-state index in [1.165, 1.54) is 7.11 Å². The third-order valence-electron chi connectivity index (χ3n) is 2.40. The van der Waals surface area contributed by atoms with Crippen LogP contribution in [0.2, 0.25) is 0 Å². The minimum atomic E-state index is -0.922. The third-order valence-corrected chi connectivity index (χ3v) is 2.40. The van der Waals surface area contributed by atoms with Crippen molar-refractivity contribution in [2.45, 2.75) is 19.4 Å². The molecule has 1 atom stereocenters. The summed E-state index contributed by atoms with van der Waals surface area (Å²) in [7, 11) is 1.24. The van der Waals surface area contributed by atoms with E-state index in [0.29, 0.717) is 17.9 Å². The van der Waals surface area contributed by atoms with Crippen molar-refractivity contribution in [3.8, 4) is 5.75 Å². The highest BCUT2D eigenvalue weighted by molar-refractivity contribution is 5.98. The van der Waals surface area contributed by atoms with Crippen LogP contribution in [0.1, 0.15) is 23.7 Å². The van der Waals surface area contributed by atoms with Gasteiger partial charge in [-0.2, -0.15) is 0 Å². The van der Waals surface area contributed by atoms with Crippen LogP contribution in [0.15, 0.2) is 24.3 Å². The summed E-state index contributed by atoms with van der Waals surface area (Å²) in [6.07, 6.45) is -0.0688. The molecule has 0 aliphatic rings. The normalized spacial score (nSPS) is 11.7. The van der Waals surface area contributed by atoms with Gasteiger partial charge in [0.1, 0.15) is 11.8 Å². The second-order valence-corrected chi connectivity index (χ2v) is 3.71. The van der Waals surface area contributed by atoms with Gasteiger partial charge in [-0.25, -0.2) is 0 Å². The number of ether oxygens (including phenoxy) is 2. The molecule has 5 nitrogen and oxygen atoms in total. The molecule has 1 aromatic carbocycles. The van der Waals surface area contributed by atoms with Crippen LogP contribution in [-0.4, -0.2) is 31.5 Å². The van der Waals surface area contributed by atoms with Gasteiger partial charge in [0.25, 0.3) is 0 Å². The summed E-state index contributed by atoms with van der Waals surface area (Å²) in [4.78, 5) is 22.9. The molecular formula is C13H17NO4. The molecule has 0 fully saturated rings. The van der Waals surface area contributed by atoms with Crippen molar-refractivity contribution in [2.75, 3.05) is 13.7 Å². The number of esters is 1. The fraction of sp³-hybridized carbons (Fsp3) is 0.385. The van der Waals surface area contributed by atoms with E-state index in [0.717, 1.165) is 0 Å². The summed E-state index contributed by atoms with van der Waals surface area (Å²) in [6, 6.07) is 5.80. The lowest BCUT2D eigenvalue weighted by Gasteiger charge is -2.08. The number of Topliss-reactive ketones (excluding diaryl/α,β-unsaturated/α-hetero) is 1. The van der Waals surface area contributed by atoms with Gasteiger partial charge in [0, 0.05) is 12.0 Å². The van der Waals surface area contributed by atoms with Crippen LogP contribution in [0, 0.1) is 0 Å². The number of carbonyl (C=O) groups is 2. The Balaban J connectivity index is 2.64. The number of nitrogens with two attached hydrogens (primary N) is 1. The van der Waals surface area contributed by atoms with Gasteiger partial charge < -0.3 is 15.2 Å². The Bertz CT molecular complexity index is 414. The summed E-state index contributed by atoms with van der Waals surface area (Å²) in [5.74, 6) is -0.0865. The number of rotatable bonds is 6. The Morgan fingerprint density at radius 2 is 1.89 bits per heavy atom. The van der Waals surface area contributed by atoms with E-state index in [9.17, 15) is 9.59 Å². The Hall–Kier alpha value is -1.88. The maximum atomic E-state index is 11.8.